The van der Waals surface area contributed by atoms with Crippen molar-refractivity contribution in [2.45, 2.75) is 44.9 Å². The quantitative estimate of drug-likeness (QED) is 0.640. The van der Waals surface area contributed by atoms with Crippen LogP contribution in [0.1, 0.15) is 42.0 Å². The van der Waals surface area contributed by atoms with Gasteiger partial charge in [-0.05, 0) is 37.3 Å². The number of piperidine rings is 1. The number of nitrogens with two attached hydrogens (primary N) is 1. The van der Waals surface area contributed by atoms with Crippen molar-refractivity contribution < 1.29 is 9.53 Å². The Morgan fingerprint density at radius 1 is 1.14 bits per heavy atom. The third-order valence-corrected chi connectivity index (χ3v) is 5.48. The molecule has 5 heteroatoms. The molecule has 1 fully saturated rings. The molecule has 3 rings (SSSR count). The number of aryl methyl sites for hydroxylation is 1. The minimum atomic E-state index is -0.620. The Bertz CT molecular complexity index is 740. The van der Waals surface area contributed by atoms with Crippen LogP contribution in [0.25, 0.3) is 0 Å². The first kappa shape index (κ1) is 21.5. The van der Waals surface area contributed by atoms with Gasteiger partial charge in [0.1, 0.15) is 6.04 Å². The Hall–Kier alpha value is -2.21. The number of likely N-dealkylation sites (tertiary alicyclic amines) is 1. The van der Waals surface area contributed by atoms with E-state index >= 15 is 0 Å². The lowest BCUT2D eigenvalue weighted by molar-refractivity contribution is -0.122. The average molecular weight is 396 g/mol. The van der Waals surface area contributed by atoms with E-state index in [4.69, 9.17) is 10.5 Å². The Morgan fingerprint density at radius 2 is 1.83 bits per heavy atom. The van der Waals surface area contributed by atoms with Gasteiger partial charge in [0, 0.05) is 32.8 Å². The maximum Gasteiger partial charge on any atom is 0.241 e. The normalized spacial score (nSPS) is 16.5. The summed E-state index contributed by atoms with van der Waals surface area (Å²) in [5.41, 5.74) is 9.40. The number of nitrogens with one attached hydrogen (secondary N) is 1. The molecule has 5 nitrogen and oxygen atoms in total. The smallest absolute Gasteiger partial charge is 0.241 e. The van der Waals surface area contributed by atoms with Gasteiger partial charge in [-0.2, -0.15) is 0 Å². The fourth-order valence-corrected chi connectivity index (χ4v) is 3.64. The van der Waals surface area contributed by atoms with Crippen LogP contribution in [0.3, 0.4) is 0 Å². The molecule has 156 valence electrons. The molecule has 2 aromatic carbocycles. The highest BCUT2D eigenvalue weighted by atomic mass is 16.5. The third-order valence-electron chi connectivity index (χ3n) is 5.48. The predicted molar refractivity (Wildman–Crippen MR) is 116 cm³/mol. The van der Waals surface area contributed by atoms with Gasteiger partial charge >= 0.3 is 0 Å². The molecule has 0 bridgehead atoms. The molecule has 1 aliphatic heterocycles. The summed E-state index contributed by atoms with van der Waals surface area (Å²) in [6.45, 7) is 6.43. The maximum atomic E-state index is 12.2. The highest BCUT2D eigenvalue weighted by molar-refractivity contribution is 5.82. The molecule has 1 atom stereocenters. The van der Waals surface area contributed by atoms with Crippen molar-refractivity contribution in [1.29, 1.82) is 0 Å². The molecule has 3 N–H and O–H groups in total. The van der Waals surface area contributed by atoms with E-state index in [0.717, 1.165) is 50.0 Å². The molecule has 1 amide bonds. The second-order valence-corrected chi connectivity index (χ2v) is 7.86. The lowest BCUT2D eigenvalue weighted by atomic mass is 10.1. The topological polar surface area (TPSA) is 67.6 Å². The van der Waals surface area contributed by atoms with E-state index in [9.17, 15) is 4.79 Å². The Morgan fingerprint density at radius 3 is 2.52 bits per heavy atom. The molecule has 1 unspecified atom stereocenters. The van der Waals surface area contributed by atoms with Gasteiger partial charge in [-0.1, -0.05) is 60.2 Å². The van der Waals surface area contributed by atoms with Gasteiger partial charge < -0.3 is 15.8 Å². The van der Waals surface area contributed by atoms with Crippen LogP contribution >= 0.6 is 0 Å². The van der Waals surface area contributed by atoms with Crippen molar-refractivity contribution >= 4 is 5.91 Å². The summed E-state index contributed by atoms with van der Waals surface area (Å²) in [5.74, 6) is -0.136. The number of hydrogen-bond donors (Lipinski definition) is 2. The molecule has 0 saturated carbocycles. The fraction of sp³-hybridized carbons (Fsp3) is 0.458. The van der Waals surface area contributed by atoms with Gasteiger partial charge in [0.25, 0.3) is 0 Å². The van der Waals surface area contributed by atoms with E-state index in [1.54, 1.807) is 0 Å². The minimum Gasteiger partial charge on any atom is -0.378 e. The number of benzene rings is 2. The number of carbonyl (C=O) groups excluding carboxylic acids is 1. The van der Waals surface area contributed by atoms with Crippen LogP contribution < -0.4 is 11.1 Å². The molecule has 1 heterocycles. The zero-order valence-corrected chi connectivity index (χ0v) is 17.3. The van der Waals surface area contributed by atoms with Crippen molar-refractivity contribution in [3.05, 3.63) is 71.3 Å². The van der Waals surface area contributed by atoms with Crippen molar-refractivity contribution in [2.75, 3.05) is 26.2 Å². The standard InChI is InChI=1S/C24H33N3O2/c1-19-8-10-21(11-9-19)23(25)24(28)26-14-5-17-29-22-12-15-27(16-13-22)18-20-6-3-2-4-7-20/h2-4,6-11,22-23H,5,12-18,25H2,1H3,(H,26,28). The second kappa shape index (κ2) is 11.1. The van der Waals surface area contributed by atoms with Crippen LogP contribution in [0.4, 0.5) is 0 Å². The third kappa shape index (κ3) is 6.96. The Kier molecular flexibility index (Phi) is 8.23. The molecule has 0 radical (unpaired) electrons. The van der Waals surface area contributed by atoms with E-state index in [-0.39, 0.29) is 5.91 Å². The number of hydrogen-bond acceptors (Lipinski definition) is 4. The van der Waals surface area contributed by atoms with Crippen LogP contribution in [-0.2, 0) is 16.1 Å². The van der Waals surface area contributed by atoms with Crippen LogP contribution in [0.5, 0.6) is 0 Å². The van der Waals surface area contributed by atoms with E-state index in [1.165, 1.54) is 5.56 Å². The van der Waals surface area contributed by atoms with Crippen LogP contribution in [0, 0.1) is 6.92 Å². The summed E-state index contributed by atoms with van der Waals surface area (Å²) in [6, 6.07) is 17.8. The number of rotatable bonds is 9. The number of nitrogens with zero attached hydrogens (tertiary/aromatic N) is 1. The molecule has 0 spiro atoms. The summed E-state index contributed by atoms with van der Waals surface area (Å²) in [6.07, 6.45) is 3.26. The molecule has 1 aliphatic rings. The fourth-order valence-electron chi connectivity index (χ4n) is 3.64. The van der Waals surface area contributed by atoms with Gasteiger partial charge in [-0.25, -0.2) is 0 Å². The second-order valence-electron chi connectivity index (χ2n) is 7.86. The average Bonchev–Trinajstić information content (AvgIpc) is 2.75. The predicted octanol–water partition coefficient (Wildman–Crippen LogP) is 3.18. The molecule has 29 heavy (non-hydrogen) atoms. The van der Waals surface area contributed by atoms with Crippen molar-refractivity contribution in [1.82, 2.24) is 10.2 Å². The summed E-state index contributed by atoms with van der Waals surface area (Å²) < 4.78 is 6.01. The first-order chi connectivity index (χ1) is 14.1. The van der Waals surface area contributed by atoms with E-state index in [2.05, 4.69) is 40.5 Å². The molecule has 1 saturated heterocycles. The Balaban J connectivity index is 1.26. The van der Waals surface area contributed by atoms with Crippen LogP contribution in [-0.4, -0.2) is 43.2 Å². The van der Waals surface area contributed by atoms with Crippen LogP contribution in [0.15, 0.2) is 54.6 Å². The summed E-state index contributed by atoms with van der Waals surface area (Å²) in [4.78, 5) is 14.7. The van der Waals surface area contributed by atoms with E-state index < -0.39 is 6.04 Å². The SMILES string of the molecule is Cc1ccc(C(N)C(=O)NCCCOC2CCN(Cc3ccccc3)CC2)cc1. The largest absolute Gasteiger partial charge is 0.378 e. The highest BCUT2D eigenvalue weighted by Crippen LogP contribution is 2.16. The van der Waals surface area contributed by atoms with Gasteiger partial charge in [-0.3, -0.25) is 9.69 Å². The number of amides is 1. The summed E-state index contributed by atoms with van der Waals surface area (Å²) >= 11 is 0. The van der Waals surface area contributed by atoms with E-state index in [1.807, 2.05) is 31.2 Å². The van der Waals surface area contributed by atoms with Crippen molar-refractivity contribution in [3.8, 4) is 0 Å². The zero-order valence-electron chi connectivity index (χ0n) is 17.3. The lowest BCUT2D eigenvalue weighted by Gasteiger charge is -2.32. The van der Waals surface area contributed by atoms with Crippen LogP contribution in [0.2, 0.25) is 0 Å². The molecule has 2 aromatic rings. The molecular weight excluding hydrogens is 362 g/mol. The van der Waals surface area contributed by atoms with Gasteiger partial charge in [0.2, 0.25) is 5.91 Å². The van der Waals surface area contributed by atoms with E-state index in [0.29, 0.717) is 19.3 Å². The summed E-state index contributed by atoms with van der Waals surface area (Å²) in [7, 11) is 0. The van der Waals surface area contributed by atoms with Gasteiger partial charge in [-0.15, -0.1) is 0 Å². The van der Waals surface area contributed by atoms with Crippen molar-refractivity contribution in [2.24, 2.45) is 5.73 Å². The van der Waals surface area contributed by atoms with Gasteiger partial charge in [0.15, 0.2) is 0 Å². The zero-order chi connectivity index (χ0) is 20.5. The monoisotopic (exact) mass is 395 g/mol. The first-order valence-electron chi connectivity index (χ1n) is 10.6. The lowest BCUT2D eigenvalue weighted by Crippen LogP contribution is -2.37. The number of ether oxygens (including phenoxy) is 1. The first-order valence-corrected chi connectivity index (χ1v) is 10.6. The minimum absolute atomic E-state index is 0.136. The van der Waals surface area contributed by atoms with Gasteiger partial charge in [0.05, 0.1) is 6.10 Å². The molecular formula is C24H33N3O2. The molecule has 0 aromatic heterocycles. The van der Waals surface area contributed by atoms with Crippen molar-refractivity contribution in [3.63, 3.8) is 0 Å². The Labute approximate surface area is 174 Å². The highest BCUT2D eigenvalue weighted by Gasteiger charge is 2.19. The summed E-state index contributed by atoms with van der Waals surface area (Å²) in [5, 5.41) is 2.92. The molecule has 0 aliphatic carbocycles. The number of carbonyl (C=O) groups is 1. The maximum absolute atomic E-state index is 12.2.